The number of halogens is 4. The second-order valence-corrected chi connectivity index (χ2v) is 6.16. The van der Waals surface area contributed by atoms with Gasteiger partial charge < -0.3 is 10.1 Å². The van der Waals surface area contributed by atoms with Crippen LogP contribution in [0.3, 0.4) is 0 Å². The molecule has 0 spiro atoms. The Labute approximate surface area is 167 Å². The number of alkyl halides is 3. The van der Waals surface area contributed by atoms with Crippen LogP contribution in [0.2, 0.25) is 0 Å². The zero-order valence-electron chi connectivity index (χ0n) is 15.5. The number of carbonyl (C=O) groups is 2. The molecule has 2 heterocycles. The highest BCUT2D eigenvalue weighted by atomic mass is 19.4. The topological polar surface area (TPSA) is 91.0 Å². The van der Waals surface area contributed by atoms with E-state index in [0.717, 1.165) is 16.9 Å². The average Bonchev–Trinajstić information content (AvgIpc) is 3.27. The molecule has 8 nitrogen and oxygen atoms in total. The van der Waals surface area contributed by atoms with Gasteiger partial charge >= 0.3 is 12.1 Å². The van der Waals surface area contributed by atoms with Crippen LogP contribution in [0.4, 0.5) is 23.4 Å². The maximum atomic E-state index is 13.1. The lowest BCUT2D eigenvalue weighted by Crippen LogP contribution is -2.24. The molecule has 0 radical (unpaired) electrons. The van der Waals surface area contributed by atoms with Gasteiger partial charge in [0.1, 0.15) is 18.2 Å². The number of rotatable bonds is 6. The standard InChI is InChI=1S/C18H15F4N5O3/c1-11-8-15(27(24-11)13-4-2-12(19)3-5-13)23-16(28)10-30-17(29)9-26-7-6-14(25-26)18(20,21)22/h2-8H,9-10H2,1H3,(H,23,28). The van der Waals surface area contributed by atoms with E-state index in [1.807, 2.05) is 0 Å². The molecule has 0 aliphatic heterocycles. The first-order chi connectivity index (χ1) is 14.1. The summed E-state index contributed by atoms with van der Waals surface area (Å²) in [4.78, 5) is 23.8. The largest absolute Gasteiger partial charge is 0.454 e. The van der Waals surface area contributed by atoms with E-state index >= 15 is 0 Å². The normalized spacial score (nSPS) is 11.4. The molecular formula is C18H15F4N5O3. The second kappa shape index (κ2) is 8.35. The van der Waals surface area contributed by atoms with Crippen LogP contribution >= 0.6 is 0 Å². The van der Waals surface area contributed by atoms with E-state index in [9.17, 15) is 27.2 Å². The summed E-state index contributed by atoms with van der Waals surface area (Å²) in [6.07, 6.45) is -3.64. The van der Waals surface area contributed by atoms with Crippen molar-refractivity contribution in [1.82, 2.24) is 19.6 Å². The number of amides is 1. The van der Waals surface area contributed by atoms with Crippen molar-refractivity contribution in [3.05, 3.63) is 59.8 Å². The molecule has 0 unspecified atom stereocenters. The number of hydrogen-bond acceptors (Lipinski definition) is 5. The first kappa shape index (κ1) is 21.0. The minimum absolute atomic E-state index is 0.266. The van der Waals surface area contributed by atoms with Crippen molar-refractivity contribution in [2.45, 2.75) is 19.6 Å². The summed E-state index contributed by atoms with van der Waals surface area (Å²) in [6.45, 7) is 0.435. The van der Waals surface area contributed by atoms with Gasteiger partial charge in [0.2, 0.25) is 0 Å². The molecule has 0 bridgehead atoms. The highest BCUT2D eigenvalue weighted by Crippen LogP contribution is 2.27. The third-order valence-corrected chi connectivity index (χ3v) is 3.76. The van der Waals surface area contributed by atoms with Crippen LogP contribution in [0, 0.1) is 12.7 Å². The summed E-state index contributed by atoms with van der Waals surface area (Å²) in [5, 5.41) is 9.93. The van der Waals surface area contributed by atoms with Crippen molar-refractivity contribution in [2.24, 2.45) is 0 Å². The molecule has 1 amide bonds. The fraction of sp³-hybridized carbons (Fsp3) is 0.222. The summed E-state index contributed by atoms with van der Waals surface area (Å²) in [6, 6.07) is 7.69. The lowest BCUT2D eigenvalue weighted by molar-refractivity contribution is -0.148. The number of carbonyl (C=O) groups excluding carboxylic acids is 2. The van der Waals surface area contributed by atoms with E-state index in [0.29, 0.717) is 11.4 Å². The van der Waals surface area contributed by atoms with Gasteiger partial charge in [0.25, 0.3) is 5.91 Å². The average molecular weight is 425 g/mol. The van der Waals surface area contributed by atoms with Crippen molar-refractivity contribution in [2.75, 3.05) is 11.9 Å². The first-order valence-electron chi connectivity index (χ1n) is 8.50. The second-order valence-electron chi connectivity index (χ2n) is 6.16. The molecule has 1 aromatic carbocycles. The Morgan fingerprint density at radius 2 is 1.83 bits per heavy atom. The Bertz CT molecular complexity index is 1060. The summed E-state index contributed by atoms with van der Waals surface area (Å²) >= 11 is 0. The van der Waals surface area contributed by atoms with Gasteiger partial charge in [-0.05, 0) is 37.3 Å². The number of ether oxygens (including phenoxy) is 1. The molecule has 12 heteroatoms. The molecule has 0 fully saturated rings. The van der Waals surface area contributed by atoms with Crippen molar-refractivity contribution < 1.29 is 31.9 Å². The number of hydrogen-bond donors (Lipinski definition) is 1. The molecule has 158 valence electrons. The van der Waals surface area contributed by atoms with E-state index < -0.39 is 42.7 Å². The lowest BCUT2D eigenvalue weighted by atomic mass is 10.3. The molecule has 3 aromatic rings. The highest BCUT2D eigenvalue weighted by molar-refractivity contribution is 5.92. The number of nitrogens with zero attached hydrogens (tertiary/aromatic N) is 4. The van der Waals surface area contributed by atoms with E-state index in [2.05, 4.69) is 15.5 Å². The van der Waals surface area contributed by atoms with Crippen LogP contribution in [-0.2, 0) is 27.0 Å². The Kier molecular flexibility index (Phi) is 5.85. The Morgan fingerprint density at radius 3 is 2.47 bits per heavy atom. The van der Waals surface area contributed by atoms with Gasteiger partial charge in [0.15, 0.2) is 12.3 Å². The number of esters is 1. The number of aryl methyl sites for hydroxylation is 1. The predicted molar refractivity (Wildman–Crippen MR) is 95.1 cm³/mol. The van der Waals surface area contributed by atoms with Crippen LogP contribution in [0.1, 0.15) is 11.4 Å². The predicted octanol–water partition coefficient (Wildman–Crippen LogP) is 2.72. The smallest absolute Gasteiger partial charge is 0.435 e. The van der Waals surface area contributed by atoms with Crippen molar-refractivity contribution in [1.29, 1.82) is 0 Å². The molecule has 0 aliphatic rings. The van der Waals surface area contributed by atoms with Gasteiger partial charge in [0, 0.05) is 12.3 Å². The zero-order chi connectivity index (χ0) is 21.9. The minimum atomic E-state index is -4.62. The Morgan fingerprint density at radius 1 is 1.13 bits per heavy atom. The Hall–Kier alpha value is -3.70. The third kappa shape index (κ3) is 5.21. The molecule has 0 atom stereocenters. The number of benzene rings is 1. The van der Waals surface area contributed by atoms with Crippen molar-refractivity contribution >= 4 is 17.7 Å². The summed E-state index contributed by atoms with van der Waals surface area (Å²) in [5.41, 5.74) is -0.0702. The molecule has 0 aliphatic carbocycles. The van der Waals surface area contributed by atoms with Crippen LogP contribution < -0.4 is 5.32 Å². The molecule has 2 aromatic heterocycles. The summed E-state index contributed by atoms with van der Waals surface area (Å²) in [5.74, 6) is -1.80. The molecule has 30 heavy (non-hydrogen) atoms. The van der Waals surface area contributed by atoms with E-state index in [1.54, 1.807) is 13.0 Å². The van der Waals surface area contributed by atoms with Gasteiger partial charge in [-0.25, -0.2) is 9.07 Å². The zero-order valence-corrected chi connectivity index (χ0v) is 15.5. The van der Waals surface area contributed by atoms with Crippen LogP contribution in [0.15, 0.2) is 42.6 Å². The van der Waals surface area contributed by atoms with E-state index in [4.69, 9.17) is 4.74 Å². The summed E-state index contributed by atoms with van der Waals surface area (Å²) in [7, 11) is 0. The maximum Gasteiger partial charge on any atom is 0.435 e. The SMILES string of the molecule is Cc1cc(NC(=O)COC(=O)Cn2ccc(C(F)(F)F)n2)n(-c2ccc(F)cc2)n1. The fourth-order valence-electron chi connectivity index (χ4n) is 2.47. The van der Waals surface area contributed by atoms with Gasteiger partial charge in [-0.1, -0.05) is 0 Å². The number of nitrogens with one attached hydrogen (secondary N) is 1. The van der Waals surface area contributed by atoms with E-state index in [-0.39, 0.29) is 5.82 Å². The van der Waals surface area contributed by atoms with Gasteiger partial charge in [-0.2, -0.15) is 23.4 Å². The highest BCUT2D eigenvalue weighted by Gasteiger charge is 2.33. The summed E-state index contributed by atoms with van der Waals surface area (Å²) < 4.78 is 57.5. The van der Waals surface area contributed by atoms with Crippen molar-refractivity contribution in [3.8, 4) is 5.69 Å². The number of aromatic nitrogens is 4. The maximum absolute atomic E-state index is 13.1. The Balaban J connectivity index is 1.57. The van der Waals surface area contributed by atoms with Gasteiger partial charge in [0.05, 0.1) is 11.4 Å². The third-order valence-electron chi connectivity index (χ3n) is 3.76. The molecule has 3 rings (SSSR count). The lowest BCUT2D eigenvalue weighted by Gasteiger charge is -2.09. The molecule has 0 saturated carbocycles. The first-order valence-corrected chi connectivity index (χ1v) is 8.50. The quantitative estimate of drug-likeness (QED) is 0.485. The van der Waals surface area contributed by atoms with Crippen molar-refractivity contribution in [3.63, 3.8) is 0 Å². The fourth-order valence-corrected chi connectivity index (χ4v) is 2.47. The van der Waals surface area contributed by atoms with Gasteiger partial charge in [-0.3, -0.25) is 14.3 Å². The van der Waals surface area contributed by atoms with Gasteiger partial charge in [-0.15, -0.1) is 0 Å². The molecule has 0 saturated heterocycles. The number of anilines is 1. The molecule has 1 N–H and O–H groups in total. The van der Waals surface area contributed by atoms with Crippen LogP contribution in [0.25, 0.3) is 5.69 Å². The van der Waals surface area contributed by atoms with Crippen LogP contribution in [0.5, 0.6) is 0 Å². The minimum Gasteiger partial charge on any atom is -0.454 e. The monoisotopic (exact) mass is 425 g/mol. The van der Waals surface area contributed by atoms with Crippen LogP contribution in [-0.4, -0.2) is 38.0 Å². The molecular weight excluding hydrogens is 410 g/mol. The van der Waals surface area contributed by atoms with E-state index in [1.165, 1.54) is 28.9 Å².